The van der Waals surface area contributed by atoms with E-state index in [0.29, 0.717) is 12.2 Å². The average Bonchev–Trinajstić information content (AvgIpc) is 2.95. The summed E-state index contributed by atoms with van der Waals surface area (Å²) in [6.07, 6.45) is 4.23. The number of carbonyl (C=O) groups is 1. The first kappa shape index (κ1) is 18.3. The Labute approximate surface area is 153 Å². The SMILES string of the molecule is CCc1cccc(C)c1Nc1cnc(C(=O)NC2CCS(=O)(=O)C2)cn1. The lowest BCUT2D eigenvalue weighted by molar-refractivity contribution is 0.0935. The van der Waals surface area contributed by atoms with Gasteiger partial charge in [0.05, 0.1) is 23.9 Å². The number of rotatable bonds is 5. The number of hydrogen-bond acceptors (Lipinski definition) is 6. The number of carbonyl (C=O) groups excluding carboxylic acids is 1. The van der Waals surface area contributed by atoms with Gasteiger partial charge in [-0.25, -0.2) is 18.4 Å². The molecule has 0 saturated carbocycles. The highest BCUT2D eigenvalue weighted by atomic mass is 32.2. The van der Waals surface area contributed by atoms with Crippen molar-refractivity contribution in [3.05, 3.63) is 47.4 Å². The van der Waals surface area contributed by atoms with Gasteiger partial charge in [0.2, 0.25) is 0 Å². The van der Waals surface area contributed by atoms with E-state index < -0.39 is 15.7 Å². The fraction of sp³-hybridized carbons (Fsp3) is 0.389. The molecule has 1 aliphatic heterocycles. The maximum absolute atomic E-state index is 12.2. The largest absolute Gasteiger partial charge is 0.347 e. The van der Waals surface area contributed by atoms with Crippen LogP contribution in [-0.4, -0.2) is 41.8 Å². The minimum absolute atomic E-state index is 0.0150. The van der Waals surface area contributed by atoms with Crippen molar-refractivity contribution >= 4 is 27.2 Å². The molecule has 0 radical (unpaired) electrons. The Kier molecular flexibility index (Phi) is 5.22. The van der Waals surface area contributed by atoms with Crippen molar-refractivity contribution in [1.29, 1.82) is 0 Å². The maximum atomic E-state index is 12.2. The predicted molar refractivity (Wildman–Crippen MR) is 100 cm³/mol. The maximum Gasteiger partial charge on any atom is 0.271 e. The van der Waals surface area contributed by atoms with E-state index in [9.17, 15) is 13.2 Å². The molecule has 1 fully saturated rings. The lowest BCUT2D eigenvalue weighted by Crippen LogP contribution is -2.36. The smallest absolute Gasteiger partial charge is 0.271 e. The van der Waals surface area contributed by atoms with E-state index in [1.807, 2.05) is 19.1 Å². The molecule has 138 valence electrons. The fourth-order valence-electron chi connectivity index (χ4n) is 3.01. The monoisotopic (exact) mass is 374 g/mol. The minimum Gasteiger partial charge on any atom is -0.347 e. The number of para-hydroxylation sites is 1. The normalized spacial score (nSPS) is 18.5. The highest BCUT2D eigenvalue weighted by molar-refractivity contribution is 7.91. The molecule has 1 amide bonds. The van der Waals surface area contributed by atoms with Crippen molar-refractivity contribution in [2.75, 3.05) is 16.8 Å². The molecule has 26 heavy (non-hydrogen) atoms. The predicted octanol–water partition coefficient (Wildman–Crippen LogP) is 2.01. The molecule has 2 heterocycles. The van der Waals surface area contributed by atoms with Gasteiger partial charge in [-0.1, -0.05) is 25.1 Å². The van der Waals surface area contributed by atoms with Gasteiger partial charge in [0.1, 0.15) is 11.5 Å². The Morgan fingerprint density at radius 2 is 2.08 bits per heavy atom. The van der Waals surface area contributed by atoms with Crippen molar-refractivity contribution in [3.8, 4) is 0 Å². The zero-order chi connectivity index (χ0) is 18.7. The third kappa shape index (κ3) is 4.19. The Balaban J connectivity index is 1.68. The van der Waals surface area contributed by atoms with Gasteiger partial charge in [-0.2, -0.15) is 0 Å². The van der Waals surface area contributed by atoms with E-state index >= 15 is 0 Å². The lowest BCUT2D eigenvalue weighted by Gasteiger charge is -2.14. The number of nitrogens with zero attached hydrogens (tertiary/aromatic N) is 2. The summed E-state index contributed by atoms with van der Waals surface area (Å²) in [7, 11) is -3.04. The van der Waals surface area contributed by atoms with Crippen LogP contribution >= 0.6 is 0 Å². The van der Waals surface area contributed by atoms with Crippen LogP contribution in [0, 0.1) is 6.92 Å². The number of sulfone groups is 1. The molecule has 2 aromatic rings. The Morgan fingerprint density at radius 1 is 1.27 bits per heavy atom. The molecular formula is C18H22N4O3S. The van der Waals surface area contributed by atoms with Crippen molar-refractivity contribution in [1.82, 2.24) is 15.3 Å². The summed E-state index contributed by atoms with van der Waals surface area (Å²) >= 11 is 0. The Hall–Kier alpha value is -2.48. The van der Waals surface area contributed by atoms with Gasteiger partial charge in [0.25, 0.3) is 5.91 Å². The molecule has 7 nitrogen and oxygen atoms in total. The summed E-state index contributed by atoms with van der Waals surface area (Å²) in [4.78, 5) is 20.6. The van der Waals surface area contributed by atoms with Crippen LogP contribution in [0.5, 0.6) is 0 Å². The highest BCUT2D eigenvalue weighted by Crippen LogP contribution is 2.24. The Bertz CT molecular complexity index is 911. The number of aromatic nitrogens is 2. The third-order valence-electron chi connectivity index (χ3n) is 4.45. The number of benzene rings is 1. The van der Waals surface area contributed by atoms with Gasteiger partial charge in [-0.3, -0.25) is 4.79 Å². The van der Waals surface area contributed by atoms with Gasteiger partial charge in [0, 0.05) is 11.7 Å². The molecule has 0 aliphatic carbocycles. The minimum atomic E-state index is -3.04. The summed E-state index contributed by atoms with van der Waals surface area (Å²) in [6.45, 7) is 4.11. The topological polar surface area (TPSA) is 101 Å². The number of anilines is 2. The van der Waals surface area contributed by atoms with Crippen LogP contribution in [0.25, 0.3) is 0 Å². The van der Waals surface area contributed by atoms with Gasteiger partial charge >= 0.3 is 0 Å². The second kappa shape index (κ2) is 7.41. The first-order valence-corrected chi connectivity index (χ1v) is 10.4. The fourth-order valence-corrected chi connectivity index (χ4v) is 4.68. The van der Waals surface area contributed by atoms with E-state index in [1.54, 1.807) is 0 Å². The van der Waals surface area contributed by atoms with Crippen LogP contribution in [-0.2, 0) is 16.3 Å². The molecule has 0 bridgehead atoms. The van der Waals surface area contributed by atoms with Crippen molar-refractivity contribution in [2.45, 2.75) is 32.7 Å². The lowest BCUT2D eigenvalue weighted by atomic mass is 10.1. The van der Waals surface area contributed by atoms with Crippen molar-refractivity contribution in [2.24, 2.45) is 0 Å². The molecule has 1 saturated heterocycles. The molecule has 1 aliphatic rings. The van der Waals surface area contributed by atoms with E-state index in [0.717, 1.165) is 17.7 Å². The molecule has 1 atom stereocenters. The van der Waals surface area contributed by atoms with Crippen LogP contribution in [0.2, 0.25) is 0 Å². The molecule has 0 spiro atoms. The zero-order valence-corrected chi connectivity index (χ0v) is 15.6. The summed E-state index contributed by atoms with van der Waals surface area (Å²) in [6, 6.07) is 5.74. The Morgan fingerprint density at radius 3 is 2.69 bits per heavy atom. The zero-order valence-electron chi connectivity index (χ0n) is 14.8. The molecule has 2 N–H and O–H groups in total. The molecule has 1 unspecified atom stereocenters. The summed E-state index contributed by atoms with van der Waals surface area (Å²) in [5, 5.41) is 5.96. The van der Waals surface area contributed by atoms with Crippen LogP contribution in [0.3, 0.4) is 0 Å². The van der Waals surface area contributed by atoms with Crippen molar-refractivity contribution in [3.63, 3.8) is 0 Å². The molecule has 3 rings (SSSR count). The van der Waals surface area contributed by atoms with Crippen LogP contribution in [0.15, 0.2) is 30.6 Å². The summed E-state index contributed by atoms with van der Waals surface area (Å²) < 4.78 is 22.9. The second-order valence-electron chi connectivity index (χ2n) is 6.45. The van der Waals surface area contributed by atoms with Crippen molar-refractivity contribution < 1.29 is 13.2 Å². The van der Waals surface area contributed by atoms with Gasteiger partial charge in [-0.15, -0.1) is 0 Å². The highest BCUT2D eigenvalue weighted by Gasteiger charge is 2.29. The third-order valence-corrected chi connectivity index (χ3v) is 6.21. The first-order valence-electron chi connectivity index (χ1n) is 8.57. The van der Waals surface area contributed by atoms with Crippen LogP contribution in [0.4, 0.5) is 11.5 Å². The van der Waals surface area contributed by atoms with E-state index in [-0.39, 0.29) is 23.2 Å². The van der Waals surface area contributed by atoms with E-state index in [2.05, 4.69) is 33.6 Å². The molecular weight excluding hydrogens is 352 g/mol. The van der Waals surface area contributed by atoms with Gasteiger partial charge in [0.15, 0.2) is 9.84 Å². The molecule has 1 aromatic heterocycles. The number of hydrogen-bond donors (Lipinski definition) is 2. The average molecular weight is 374 g/mol. The number of amides is 1. The van der Waals surface area contributed by atoms with Crippen LogP contribution in [0.1, 0.15) is 35.0 Å². The summed E-state index contributed by atoms with van der Waals surface area (Å²) in [5.74, 6) is 0.243. The van der Waals surface area contributed by atoms with E-state index in [1.165, 1.54) is 18.0 Å². The van der Waals surface area contributed by atoms with Gasteiger partial charge < -0.3 is 10.6 Å². The van der Waals surface area contributed by atoms with Crippen LogP contribution < -0.4 is 10.6 Å². The molecule has 1 aromatic carbocycles. The quantitative estimate of drug-likeness (QED) is 0.830. The summed E-state index contributed by atoms with van der Waals surface area (Å²) in [5.41, 5.74) is 3.45. The number of aryl methyl sites for hydroxylation is 2. The standard InChI is InChI=1S/C18H22N4O3S/c1-3-13-6-4-5-12(2)17(13)22-16-10-19-15(9-20-16)18(23)21-14-7-8-26(24,25)11-14/h4-6,9-10,14H,3,7-8,11H2,1-2H3,(H,20,22)(H,21,23). The molecule has 8 heteroatoms. The van der Waals surface area contributed by atoms with E-state index in [4.69, 9.17) is 0 Å². The van der Waals surface area contributed by atoms with Gasteiger partial charge in [-0.05, 0) is 30.9 Å². The second-order valence-corrected chi connectivity index (χ2v) is 8.68. The first-order chi connectivity index (χ1) is 12.4. The number of nitrogens with one attached hydrogen (secondary N) is 2.